The quantitative estimate of drug-likeness (QED) is 0.585. The van der Waals surface area contributed by atoms with Gasteiger partial charge in [-0.3, -0.25) is 10.1 Å². The van der Waals surface area contributed by atoms with E-state index < -0.39 is 6.23 Å². The van der Waals surface area contributed by atoms with Gasteiger partial charge in [0.1, 0.15) is 6.23 Å². The lowest BCUT2D eigenvalue weighted by atomic mass is 9.99. The van der Waals surface area contributed by atoms with Crippen LogP contribution in [0.25, 0.3) is 0 Å². The molecule has 0 saturated carbocycles. The zero-order valence-corrected chi connectivity index (χ0v) is 12.6. The highest BCUT2D eigenvalue weighted by Gasteiger charge is 2.33. The highest BCUT2D eigenvalue weighted by Crippen LogP contribution is 2.14. The van der Waals surface area contributed by atoms with Crippen LogP contribution in [0.5, 0.6) is 0 Å². The van der Waals surface area contributed by atoms with E-state index in [4.69, 9.17) is 17.3 Å². The Morgan fingerprint density at radius 1 is 1.24 bits per heavy atom. The van der Waals surface area contributed by atoms with Crippen LogP contribution in [0.15, 0.2) is 24.3 Å². The number of rotatable bonds is 6. The smallest absolute Gasteiger partial charge is 0.237 e. The number of hydrogen-bond donors (Lipinski definition) is 4. The van der Waals surface area contributed by atoms with Crippen LogP contribution in [-0.2, 0) is 11.2 Å². The van der Waals surface area contributed by atoms with E-state index in [0.29, 0.717) is 24.4 Å². The maximum atomic E-state index is 12.1. The summed E-state index contributed by atoms with van der Waals surface area (Å²) in [5.74, 6) is -0.0590. The van der Waals surface area contributed by atoms with Gasteiger partial charge >= 0.3 is 0 Å². The van der Waals surface area contributed by atoms with E-state index in [1.807, 2.05) is 12.1 Å². The molecule has 1 aliphatic rings. The molecule has 6 heteroatoms. The van der Waals surface area contributed by atoms with Gasteiger partial charge in [-0.25, -0.2) is 0 Å². The number of nitrogens with two attached hydrogens (primary N) is 1. The summed E-state index contributed by atoms with van der Waals surface area (Å²) >= 11 is 5.85. The molecule has 21 heavy (non-hydrogen) atoms. The molecule has 0 aliphatic carbocycles. The summed E-state index contributed by atoms with van der Waals surface area (Å²) in [7, 11) is 0. The lowest BCUT2D eigenvalue weighted by Gasteiger charge is -2.35. The van der Waals surface area contributed by atoms with Crippen molar-refractivity contribution >= 4 is 17.5 Å². The van der Waals surface area contributed by atoms with Crippen molar-refractivity contribution in [3.63, 3.8) is 0 Å². The van der Waals surface area contributed by atoms with Gasteiger partial charge in [0.25, 0.3) is 0 Å². The van der Waals surface area contributed by atoms with Crippen LogP contribution in [0.2, 0.25) is 5.02 Å². The van der Waals surface area contributed by atoms with E-state index in [2.05, 4.69) is 10.6 Å². The molecular weight excluding hydrogens is 290 g/mol. The average Bonchev–Trinajstić information content (AvgIpc) is 2.46. The van der Waals surface area contributed by atoms with Gasteiger partial charge < -0.3 is 16.2 Å². The van der Waals surface area contributed by atoms with Crippen LogP contribution in [0.1, 0.15) is 24.8 Å². The first-order chi connectivity index (χ1) is 10.1. The van der Waals surface area contributed by atoms with Gasteiger partial charge in [-0.05, 0) is 43.5 Å². The van der Waals surface area contributed by atoms with Crippen molar-refractivity contribution in [2.24, 2.45) is 5.73 Å². The number of nitrogens with one attached hydrogen (secondary N) is 2. The summed E-state index contributed by atoms with van der Waals surface area (Å²) in [6, 6.07) is 6.73. The molecule has 1 amide bonds. The van der Waals surface area contributed by atoms with Crippen LogP contribution >= 0.6 is 11.6 Å². The van der Waals surface area contributed by atoms with Gasteiger partial charge in [0.05, 0.1) is 12.1 Å². The Morgan fingerprint density at radius 3 is 2.62 bits per heavy atom. The first-order valence-corrected chi connectivity index (χ1v) is 7.67. The number of aliphatic hydroxyl groups excluding tert-OH is 1. The summed E-state index contributed by atoms with van der Waals surface area (Å²) < 4.78 is 0. The summed E-state index contributed by atoms with van der Waals surface area (Å²) in [4.78, 5) is 12.1. The lowest BCUT2D eigenvalue weighted by Crippen LogP contribution is -2.64. The van der Waals surface area contributed by atoms with E-state index in [1.54, 1.807) is 12.1 Å². The topological polar surface area (TPSA) is 87.4 Å². The minimum atomic E-state index is -0.749. The number of halogens is 1. The summed E-state index contributed by atoms with van der Waals surface area (Å²) in [5, 5.41) is 16.7. The van der Waals surface area contributed by atoms with Gasteiger partial charge in [-0.1, -0.05) is 30.2 Å². The molecule has 0 radical (unpaired) electrons. The lowest BCUT2D eigenvalue weighted by molar-refractivity contribution is -0.130. The molecule has 5 N–H and O–H groups in total. The molecule has 1 saturated heterocycles. The highest BCUT2D eigenvalue weighted by atomic mass is 35.5. The number of unbranched alkanes of at least 4 members (excludes halogenated alkanes) is 1. The van der Waals surface area contributed by atoms with Gasteiger partial charge in [-0.2, -0.15) is 0 Å². The molecule has 0 bridgehead atoms. The fourth-order valence-electron chi connectivity index (χ4n) is 2.50. The van der Waals surface area contributed by atoms with Crippen LogP contribution in [0.4, 0.5) is 0 Å². The average molecular weight is 312 g/mol. The molecule has 0 spiro atoms. The zero-order chi connectivity index (χ0) is 15.2. The van der Waals surface area contributed by atoms with Crippen molar-refractivity contribution in [2.75, 3.05) is 6.54 Å². The normalized spacial score (nSPS) is 25.7. The van der Waals surface area contributed by atoms with E-state index >= 15 is 0 Å². The Morgan fingerprint density at radius 2 is 1.95 bits per heavy atom. The number of benzene rings is 1. The minimum absolute atomic E-state index is 0.0590. The first kappa shape index (κ1) is 16.2. The summed E-state index contributed by atoms with van der Waals surface area (Å²) in [6.45, 7) is 0.621. The van der Waals surface area contributed by atoms with Gasteiger partial charge in [0, 0.05) is 5.02 Å². The Kier molecular flexibility index (Phi) is 5.99. The van der Waals surface area contributed by atoms with Crippen molar-refractivity contribution in [3.05, 3.63) is 34.9 Å². The molecule has 5 nitrogen and oxygen atoms in total. The maximum Gasteiger partial charge on any atom is 0.237 e. The predicted octanol–water partition coefficient (Wildman–Crippen LogP) is 0.787. The Hall–Kier alpha value is -1.14. The van der Waals surface area contributed by atoms with Crippen molar-refractivity contribution in [1.82, 2.24) is 10.6 Å². The Labute approximate surface area is 129 Å². The molecule has 0 aromatic heterocycles. The summed E-state index contributed by atoms with van der Waals surface area (Å²) in [5.41, 5.74) is 6.47. The van der Waals surface area contributed by atoms with Crippen molar-refractivity contribution in [1.29, 1.82) is 0 Å². The molecule has 1 fully saturated rings. The van der Waals surface area contributed by atoms with Gasteiger partial charge in [-0.15, -0.1) is 0 Å². The fraction of sp³-hybridized carbons (Fsp3) is 0.533. The molecule has 116 valence electrons. The van der Waals surface area contributed by atoms with Crippen molar-refractivity contribution in [3.8, 4) is 0 Å². The molecule has 1 aromatic carbocycles. The minimum Gasteiger partial charge on any atom is -0.376 e. The van der Waals surface area contributed by atoms with Gasteiger partial charge in [0.2, 0.25) is 5.91 Å². The van der Waals surface area contributed by atoms with E-state index in [9.17, 15) is 9.90 Å². The molecule has 1 heterocycles. The zero-order valence-electron chi connectivity index (χ0n) is 11.9. The monoisotopic (exact) mass is 311 g/mol. The first-order valence-electron chi connectivity index (χ1n) is 7.29. The number of carbonyl (C=O) groups excluding carboxylic acids is 1. The van der Waals surface area contributed by atoms with E-state index in [1.165, 1.54) is 0 Å². The maximum absolute atomic E-state index is 12.1. The number of carbonyl (C=O) groups is 1. The standard InChI is InChI=1S/C15H22ClN3O2/c16-11-6-4-10(5-7-11)9-13-15(21)18-12(14(20)19-13)3-1-2-8-17/h4-7,12-13,15,18,21H,1-3,8-9,17H2,(H,19,20)/t12-,13-,15?/m0/s1. The third-order valence-electron chi connectivity index (χ3n) is 3.71. The second kappa shape index (κ2) is 7.75. The molecule has 1 aromatic rings. The van der Waals surface area contributed by atoms with E-state index in [-0.39, 0.29) is 18.0 Å². The molecule has 3 atom stereocenters. The van der Waals surface area contributed by atoms with Crippen molar-refractivity contribution in [2.45, 2.75) is 44.0 Å². The Balaban J connectivity index is 1.89. The predicted molar refractivity (Wildman–Crippen MR) is 82.9 cm³/mol. The van der Waals surface area contributed by atoms with Crippen molar-refractivity contribution < 1.29 is 9.90 Å². The fourth-order valence-corrected chi connectivity index (χ4v) is 2.63. The number of hydrogen-bond acceptors (Lipinski definition) is 4. The molecule has 1 aliphatic heterocycles. The number of aliphatic hydroxyl groups is 1. The third kappa shape index (κ3) is 4.68. The molecular formula is C15H22ClN3O2. The van der Waals surface area contributed by atoms with Gasteiger partial charge in [0.15, 0.2) is 0 Å². The molecule has 2 rings (SSSR count). The number of piperazine rings is 1. The van der Waals surface area contributed by atoms with Crippen LogP contribution in [0, 0.1) is 0 Å². The van der Waals surface area contributed by atoms with Crippen LogP contribution in [0.3, 0.4) is 0 Å². The van der Waals surface area contributed by atoms with Crippen LogP contribution in [-0.4, -0.2) is 35.9 Å². The molecule has 1 unspecified atom stereocenters. The van der Waals surface area contributed by atoms with Crippen LogP contribution < -0.4 is 16.4 Å². The largest absolute Gasteiger partial charge is 0.376 e. The van der Waals surface area contributed by atoms with E-state index in [0.717, 1.165) is 18.4 Å². The second-order valence-electron chi connectivity index (χ2n) is 5.39. The number of amides is 1. The highest BCUT2D eigenvalue weighted by molar-refractivity contribution is 6.30. The summed E-state index contributed by atoms with van der Waals surface area (Å²) in [6.07, 6.45) is 2.26. The second-order valence-corrected chi connectivity index (χ2v) is 5.83. The Bertz CT molecular complexity index is 466. The SMILES string of the molecule is NCCCC[C@@H]1NC(O)[C@H](Cc2ccc(Cl)cc2)NC1=O. The third-order valence-corrected chi connectivity index (χ3v) is 3.96.